The molecular formula is C37H50N2O11. The van der Waals surface area contributed by atoms with E-state index < -0.39 is 77.8 Å². The molecule has 3 aliphatic carbocycles. The molecule has 0 amide bonds. The number of H-pyrrole nitrogens is 1. The van der Waals surface area contributed by atoms with E-state index in [1.165, 1.54) is 7.11 Å². The molecule has 13 atom stereocenters. The number of hydrogen-bond donors (Lipinski definition) is 3. The number of nitrogens with one attached hydrogen (secondary N) is 1. The zero-order valence-electron chi connectivity index (χ0n) is 29.4. The van der Waals surface area contributed by atoms with Crippen molar-refractivity contribution in [2.75, 3.05) is 33.4 Å². The molecule has 1 aromatic heterocycles. The number of nitrogens with zero attached hydrogens (tertiary/aromatic N) is 1. The summed E-state index contributed by atoms with van der Waals surface area (Å²) in [5.74, 6) is -6.23. The molecule has 1 saturated heterocycles. The molecule has 3 heterocycles. The van der Waals surface area contributed by atoms with Gasteiger partial charge in [0.05, 0.1) is 11.7 Å². The lowest BCUT2D eigenvalue weighted by atomic mass is 9.46. The van der Waals surface area contributed by atoms with Gasteiger partial charge in [-0.3, -0.25) is 4.90 Å². The van der Waals surface area contributed by atoms with Gasteiger partial charge in [-0.1, -0.05) is 32.1 Å². The SMILES string of the molecule is CO[C@H]1C[C@H]2C=CC3C(C4[C@H]3[C@H](OC(=O)c3ccc[nH]3)[C@H](C)[C@H]4O)[C@]2(O)/C(C)=C/[C@@H](C)[C@@H]([C@@H](C)OC(=O)C(=O)OCCN2CCCC2)OC1=O. The fraction of sp³-hybridized carbons (Fsp3) is 0.676. The Balaban J connectivity index is 1.22. The van der Waals surface area contributed by atoms with E-state index in [9.17, 15) is 29.4 Å². The zero-order valence-corrected chi connectivity index (χ0v) is 29.4. The topological polar surface area (TPSA) is 174 Å². The van der Waals surface area contributed by atoms with Gasteiger partial charge < -0.3 is 38.9 Å². The third kappa shape index (κ3) is 6.53. The second-order valence-corrected chi connectivity index (χ2v) is 14.7. The maximum Gasteiger partial charge on any atom is 0.417 e. The predicted molar refractivity (Wildman–Crippen MR) is 177 cm³/mol. The highest BCUT2D eigenvalue weighted by atomic mass is 16.6. The lowest BCUT2D eigenvalue weighted by Crippen LogP contribution is -2.65. The summed E-state index contributed by atoms with van der Waals surface area (Å²) in [6, 6.07) is 3.35. The average Bonchev–Trinajstić information content (AvgIpc) is 3.84. The van der Waals surface area contributed by atoms with Crippen molar-refractivity contribution in [2.24, 2.45) is 41.4 Å². The van der Waals surface area contributed by atoms with Gasteiger partial charge in [0.25, 0.3) is 0 Å². The molecule has 0 bridgehead atoms. The van der Waals surface area contributed by atoms with Gasteiger partial charge in [-0.05, 0) is 75.7 Å². The number of aliphatic hydroxyl groups excluding tert-OH is 1. The summed E-state index contributed by atoms with van der Waals surface area (Å²) in [4.78, 5) is 56.7. The van der Waals surface area contributed by atoms with Crippen LogP contribution in [0.15, 0.2) is 42.1 Å². The molecule has 13 heteroatoms. The number of aromatic amines is 1. The minimum Gasteiger partial charge on any atom is -0.457 e. The van der Waals surface area contributed by atoms with Crippen LogP contribution in [0.2, 0.25) is 0 Å². The number of allylic oxidation sites excluding steroid dienone is 1. The Labute approximate surface area is 292 Å². The Morgan fingerprint density at radius 1 is 1.14 bits per heavy atom. The van der Waals surface area contributed by atoms with E-state index in [2.05, 4.69) is 9.88 Å². The van der Waals surface area contributed by atoms with E-state index in [0.717, 1.165) is 25.9 Å². The first-order valence-electron chi connectivity index (χ1n) is 17.8. The number of carbonyl (C=O) groups is 4. The number of rotatable bonds is 8. The second kappa shape index (κ2) is 14.6. The molecule has 1 aromatic rings. The highest BCUT2D eigenvalue weighted by molar-refractivity contribution is 6.29. The third-order valence-electron chi connectivity index (χ3n) is 11.9. The van der Waals surface area contributed by atoms with Crippen molar-refractivity contribution in [1.29, 1.82) is 0 Å². The minimum absolute atomic E-state index is 0.0657. The standard InChI is InChI=1S/C37H50N2O11/c1-19-17-20(2)37(45)23(10-11-24-27-28(29(24)37)30(40)21(3)32(27)50-33(41)25-9-8-12-38-25)18-26(46-5)34(42)49-31(19)22(4)48-36(44)35(43)47-16-15-39-13-6-7-14-39/h8-12,17,19,21-24,26-32,38,40,45H,6-7,13-16,18H2,1-5H3/b20-17+/t19-,21-,22-,23-,24?,26+,27+,28?,29?,30-,31+,32-,37+/m1/s1. The van der Waals surface area contributed by atoms with Crippen LogP contribution in [0.5, 0.6) is 0 Å². The largest absolute Gasteiger partial charge is 0.457 e. The van der Waals surface area contributed by atoms with Gasteiger partial charge >= 0.3 is 23.9 Å². The minimum atomic E-state index is -1.49. The monoisotopic (exact) mass is 698 g/mol. The number of likely N-dealkylation sites (tertiary alicyclic amines) is 1. The summed E-state index contributed by atoms with van der Waals surface area (Å²) in [6.45, 7) is 9.46. The Hall–Kier alpha value is -3.52. The van der Waals surface area contributed by atoms with Crippen LogP contribution in [0, 0.1) is 41.4 Å². The highest BCUT2D eigenvalue weighted by Gasteiger charge is 2.71. The smallest absolute Gasteiger partial charge is 0.417 e. The molecule has 0 radical (unpaired) electrons. The van der Waals surface area contributed by atoms with Crippen LogP contribution < -0.4 is 0 Å². The molecule has 50 heavy (non-hydrogen) atoms. The number of cyclic esters (lactones) is 1. The van der Waals surface area contributed by atoms with Crippen molar-refractivity contribution in [2.45, 2.75) is 83.1 Å². The summed E-state index contributed by atoms with van der Waals surface area (Å²) in [5, 5.41) is 24.4. The Kier molecular flexibility index (Phi) is 10.6. The Morgan fingerprint density at radius 2 is 1.88 bits per heavy atom. The van der Waals surface area contributed by atoms with Gasteiger partial charge in [0.15, 0.2) is 6.10 Å². The van der Waals surface area contributed by atoms with Gasteiger partial charge in [-0.15, -0.1) is 0 Å². The van der Waals surface area contributed by atoms with Crippen LogP contribution >= 0.6 is 0 Å². The van der Waals surface area contributed by atoms with Gasteiger partial charge in [-0.2, -0.15) is 0 Å². The maximum atomic E-state index is 13.5. The number of aliphatic hydroxyl groups is 2. The van der Waals surface area contributed by atoms with Crippen molar-refractivity contribution in [3.8, 4) is 0 Å². The predicted octanol–water partition coefficient (Wildman–Crippen LogP) is 2.43. The van der Waals surface area contributed by atoms with Gasteiger partial charge in [0, 0.05) is 49.4 Å². The van der Waals surface area contributed by atoms with Crippen molar-refractivity contribution >= 4 is 23.9 Å². The van der Waals surface area contributed by atoms with Crippen molar-refractivity contribution in [3.05, 3.63) is 47.8 Å². The lowest BCUT2D eigenvalue weighted by molar-refractivity contribution is -0.190. The van der Waals surface area contributed by atoms with Crippen molar-refractivity contribution in [3.63, 3.8) is 0 Å². The van der Waals surface area contributed by atoms with Crippen molar-refractivity contribution in [1.82, 2.24) is 9.88 Å². The van der Waals surface area contributed by atoms with Gasteiger partial charge in [0.1, 0.15) is 30.6 Å². The van der Waals surface area contributed by atoms with Crippen LogP contribution in [0.25, 0.3) is 0 Å². The second-order valence-electron chi connectivity index (χ2n) is 14.7. The van der Waals surface area contributed by atoms with E-state index in [0.29, 0.717) is 17.8 Å². The molecule has 13 nitrogen and oxygen atoms in total. The highest BCUT2D eigenvalue weighted by Crippen LogP contribution is 2.66. The number of hydrogen-bond acceptors (Lipinski definition) is 12. The molecule has 3 fully saturated rings. The first-order chi connectivity index (χ1) is 23.9. The zero-order chi connectivity index (χ0) is 35.9. The van der Waals surface area contributed by atoms with Gasteiger partial charge in [0.2, 0.25) is 0 Å². The summed E-state index contributed by atoms with van der Waals surface area (Å²) in [5.41, 5.74) is -0.561. The molecule has 3 unspecified atom stereocenters. The molecule has 6 rings (SSSR count). The Bertz CT molecular complexity index is 1490. The number of methoxy groups -OCH3 is 1. The first-order valence-corrected chi connectivity index (χ1v) is 17.8. The van der Waals surface area contributed by atoms with Crippen LogP contribution in [-0.4, -0.2) is 113 Å². The summed E-state index contributed by atoms with van der Waals surface area (Å²) in [6.07, 6.45) is 5.11. The molecule has 2 aliphatic heterocycles. The van der Waals surface area contributed by atoms with E-state index in [1.54, 1.807) is 32.2 Å². The van der Waals surface area contributed by atoms with Crippen LogP contribution in [0.1, 0.15) is 57.4 Å². The maximum absolute atomic E-state index is 13.5. The molecule has 274 valence electrons. The van der Waals surface area contributed by atoms with E-state index in [1.807, 2.05) is 32.1 Å². The molecule has 3 N–H and O–H groups in total. The van der Waals surface area contributed by atoms with Crippen LogP contribution in [0.3, 0.4) is 0 Å². The number of esters is 4. The first kappa shape index (κ1) is 36.3. The molecular weight excluding hydrogens is 648 g/mol. The number of ether oxygens (including phenoxy) is 5. The van der Waals surface area contributed by atoms with Crippen LogP contribution in [0.4, 0.5) is 0 Å². The number of carbonyl (C=O) groups excluding carboxylic acids is 4. The molecule has 0 spiro atoms. The molecule has 0 aromatic carbocycles. The fourth-order valence-electron chi connectivity index (χ4n) is 9.35. The Morgan fingerprint density at radius 3 is 2.56 bits per heavy atom. The van der Waals surface area contributed by atoms with Crippen LogP contribution in [-0.2, 0) is 38.1 Å². The normalized spacial score (nSPS) is 39.8. The quantitative estimate of drug-likeness (QED) is 0.157. The van der Waals surface area contributed by atoms with E-state index >= 15 is 0 Å². The number of fused-ring (bicyclic) bond motifs is 6. The average molecular weight is 699 g/mol. The number of aromatic nitrogens is 1. The summed E-state index contributed by atoms with van der Waals surface area (Å²) in [7, 11) is 1.39. The summed E-state index contributed by atoms with van der Waals surface area (Å²) < 4.78 is 28.1. The fourth-order valence-corrected chi connectivity index (χ4v) is 9.35. The third-order valence-corrected chi connectivity index (χ3v) is 11.9. The molecule has 5 aliphatic rings. The van der Waals surface area contributed by atoms with Gasteiger partial charge in [-0.25, -0.2) is 19.2 Å². The van der Waals surface area contributed by atoms with E-state index in [4.69, 9.17) is 23.7 Å². The summed E-state index contributed by atoms with van der Waals surface area (Å²) >= 11 is 0. The van der Waals surface area contributed by atoms with E-state index in [-0.39, 0.29) is 36.7 Å². The van der Waals surface area contributed by atoms with Crippen molar-refractivity contribution < 1.29 is 53.1 Å². The lowest BCUT2D eigenvalue weighted by Gasteiger charge is -2.61. The molecule has 2 saturated carbocycles.